The lowest BCUT2D eigenvalue weighted by Gasteiger charge is -2.39. The average molecular weight is 458 g/mol. The summed E-state index contributed by atoms with van der Waals surface area (Å²) < 4.78 is 85.8. The molecule has 1 aromatic carbocycles. The second-order valence-corrected chi connectivity index (χ2v) is 7.35. The number of allylic oxidation sites excluding steroid dienone is 2. The SMILES string of the molecule is CC(F)(F)C1NC(Oc2ccc(C(F)(F)F)cc2)=CC=C1C1(Cn2cncn2)OCCO1. The molecule has 0 saturated carbocycles. The third kappa shape index (κ3) is 4.60. The van der Waals surface area contributed by atoms with Crippen molar-refractivity contribution in [2.45, 2.75) is 37.4 Å². The maximum absolute atomic E-state index is 14.6. The zero-order chi connectivity index (χ0) is 23.0. The standard InChI is InChI=1S/C20H19F5N4O3/c1-18(21,22)17-15(19(30-8-9-31-19)10-29-12-26-11-27-29)6-7-16(28-17)32-14-4-2-13(3-5-14)20(23,24)25/h2-7,11-12,17,28H,8-10H2,1H3. The van der Waals surface area contributed by atoms with Crippen molar-refractivity contribution in [1.29, 1.82) is 0 Å². The predicted molar refractivity (Wildman–Crippen MR) is 100 cm³/mol. The molecule has 0 amide bonds. The fraction of sp³-hybridized carbons (Fsp3) is 0.400. The fourth-order valence-electron chi connectivity index (χ4n) is 3.51. The first-order chi connectivity index (χ1) is 15.1. The highest BCUT2D eigenvalue weighted by molar-refractivity contribution is 5.36. The summed E-state index contributed by atoms with van der Waals surface area (Å²) in [6.07, 6.45) is 1.02. The minimum atomic E-state index is -4.49. The Kier molecular flexibility index (Phi) is 5.67. The number of dihydropyridines is 1. The van der Waals surface area contributed by atoms with Crippen LogP contribution < -0.4 is 10.1 Å². The van der Waals surface area contributed by atoms with E-state index in [-0.39, 0.29) is 37.0 Å². The Balaban J connectivity index is 1.62. The summed E-state index contributed by atoms with van der Waals surface area (Å²) in [5.41, 5.74) is -0.723. The summed E-state index contributed by atoms with van der Waals surface area (Å²) in [7, 11) is 0. The van der Waals surface area contributed by atoms with Gasteiger partial charge in [0.2, 0.25) is 5.79 Å². The molecule has 7 nitrogen and oxygen atoms in total. The number of halogens is 5. The van der Waals surface area contributed by atoms with E-state index in [2.05, 4.69) is 15.4 Å². The first-order valence-electron chi connectivity index (χ1n) is 9.59. The van der Waals surface area contributed by atoms with Crippen molar-refractivity contribution in [3.05, 3.63) is 66.1 Å². The second-order valence-electron chi connectivity index (χ2n) is 7.35. The number of nitrogens with one attached hydrogen (secondary N) is 1. The monoisotopic (exact) mass is 458 g/mol. The summed E-state index contributed by atoms with van der Waals surface area (Å²) in [4.78, 5) is 3.84. The Bertz CT molecular complexity index is 992. The van der Waals surface area contributed by atoms with Gasteiger partial charge in [0.05, 0.1) is 18.8 Å². The van der Waals surface area contributed by atoms with E-state index in [9.17, 15) is 22.0 Å². The quantitative estimate of drug-likeness (QED) is 0.669. The van der Waals surface area contributed by atoms with Crippen molar-refractivity contribution < 1.29 is 36.2 Å². The summed E-state index contributed by atoms with van der Waals surface area (Å²) in [5.74, 6) is -4.77. The molecule has 1 atom stereocenters. The topological polar surface area (TPSA) is 70.4 Å². The fourth-order valence-corrected chi connectivity index (χ4v) is 3.51. The van der Waals surface area contributed by atoms with Crippen LogP contribution in [0, 0.1) is 0 Å². The smallest absolute Gasteiger partial charge is 0.416 e. The van der Waals surface area contributed by atoms with E-state index in [1.165, 1.54) is 29.5 Å². The molecular weight excluding hydrogens is 439 g/mol. The molecule has 0 aliphatic carbocycles. The molecule has 32 heavy (non-hydrogen) atoms. The van der Waals surface area contributed by atoms with Crippen LogP contribution in [0.3, 0.4) is 0 Å². The van der Waals surface area contributed by atoms with Gasteiger partial charge in [0, 0.05) is 12.5 Å². The molecule has 2 aromatic rings. The van der Waals surface area contributed by atoms with Crippen molar-refractivity contribution >= 4 is 0 Å². The van der Waals surface area contributed by atoms with Crippen LogP contribution in [0.1, 0.15) is 12.5 Å². The highest BCUT2D eigenvalue weighted by Gasteiger charge is 2.51. The number of hydrogen-bond donors (Lipinski definition) is 1. The van der Waals surface area contributed by atoms with E-state index in [1.54, 1.807) is 0 Å². The van der Waals surface area contributed by atoms with Crippen LogP contribution in [0.2, 0.25) is 0 Å². The van der Waals surface area contributed by atoms with Gasteiger partial charge >= 0.3 is 6.18 Å². The first kappa shape index (κ1) is 22.2. The van der Waals surface area contributed by atoms with Gasteiger partial charge in [-0.05, 0) is 30.3 Å². The molecule has 12 heteroatoms. The van der Waals surface area contributed by atoms with Gasteiger partial charge in [-0.3, -0.25) is 0 Å². The molecular formula is C20H19F5N4O3. The molecule has 1 saturated heterocycles. The molecule has 2 aliphatic rings. The highest BCUT2D eigenvalue weighted by Crippen LogP contribution is 2.39. The van der Waals surface area contributed by atoms with E-state index in [0.29, 0.717) is 0 Å². The third-order valence-electron chi connectivity index (χ3n) is 4.96. The molecule has 0 spiro atoms. The molecule has 4 rings (SSSR count). The summed E-state index contributed by atoms with van der Waals surface area (Å²) in [6, 6.07) is 2.34. The van der Waals surface area contributed by atoms with Gasteiger partial charge in [-0.2, -0.15) is 18.3 Å². The van der Waals surface area contributed by atoms with E-state index >= 15 is 0 Å². The van der Waals surface area contributed by atoms with Gasteiger partial charge in [0.25, 0.3) is 5.92 Å². The van der Waals surface area contributed by atoms with Gasteiger partial charge < -0.3 is 19.5 Å². The Hall–Kier alpha value is -2.99. The van der Waals surface area contributed by atoms with Crippen LogP contribution in [0.15, 0.2) is 60.5 Å². The van der Waals surface area contributed by atoms with Gasteiger partial charge in [0.15, 0.2) is 5.88 Å². The Morgan fingerprint density at radius 2 is 1.81 bits per heavy atom. The van der Waals surface area contributed by atoms with Gasteiger partial charge in [-0.15, -0.1) is 0 Å². The molecule has 3 heterocycles. The van der Waals surface area contributed by atoms with Crippen molar-refractivity contribution in [3.8, 4) is 5.75 Å². The number of benzene rings is 1. The molecule has 0 radical (unpaired) electrons. The number of ether oxygens (including phenoxy) is 3. The van der Waals surface area contributed by atoms with E-state index < -0.39 is 29.5 Å². The minimum Gasteiger partial charge on any atom is -0.441 e. The second kappa shape index (κ2) is 8.17. The van der Waals surface area contributed by atoms with Gasteiger partial charge in [-0.1, -0.05) is 6.08 Å². The van der Waals surface area contributed by atoms with Gasteiger partial charge in [-0.25, -0.2) is 18.4 Å². The minimum absolute atomic E-state index is 0.00394. The molecule has 1 N–H and O–H groups in total. The lowest BCUT2D eigenvalue weighted by molar-refractivity contribution is -0.151. The Labute approximate surface area is 179 Å². The number of alkyl halides is 5. The first-order valence-corrected chi connectivity index (χ1v) is 9.59. The summed E-state index contributed by atoms with van der Waals surface area (Å²) in [6.45, 7) is 1.13. The lowest BCUT2D eigenvalue weighted by Crippen LogP contribution is -2.54. The van der Waals surface area contributed by atoms with Crippen LogP contribution in [-0.4, -0.2) is 45.7 Å². The zero-order valence-electron chi connectivity index (χ0n) is 16.8. The molecule has 2 aliphatic heterocycles. The van der Waals surface area contributed by atoms with Crippen molar-refractivity contribution in [3.63, 3.8) is 0 Å². The van der Waals surface area contributed by atoms with E-state index in [0.717, 1.165) is 31.2 Å². The number of hydrogen-bond acceptors (Lipinski definition) is 6. The largest absolute Gasteiger partial charge is 0.441 e. The third-order valence-corrected chi connectivity index (χ3v) is 4.96. The maximum Gasteiger partial charge on any atom is 0.416 e. The van der Waals surface area contributed by atoms with Crippen molar-refractivity contribution in [2.75, 3.05) is 13.2 Å². The van der Waals surface area contributed by atoms with E-state index in [4.69, 9.17) is 14.2 Å². The van der Waals surface area contributed by atoms with Crippen LogP contribution in [-0.2, 0) is 22.2 Å². The normalized spacial score (nSPS) is 21.0. The van der Waals surface area contributed by atoms with Gasteiger partial charge in [0.1, 0.15) is 31.0 Å². The molecule has 1 fully saturated rings. The van der Waals surface area contributed by atoms with E-state index in [1.807, 2.05) is 0 Å². The van der Waals surface area contributed by atoms with Crippen LogP contribution in [0.5, 0.6) is 5.75 Å². The maximum atomic E-state index is 14.6. The molecule has 1 aromatic heterocycles. The summed E-state index contributed by atoms with van der Waals surface area (Å²) >= 11 is 0. The predicted octanol–water partition coefficient (Wildman–Crippen LogP) is 3.51. The Morgan fingerprint density at radius 3 is 2.38 bits per heavy atom. The number of nitrogens with zero attached hydrogens (tertiary/aromatic N) is 3. The molecule has 1 unspecified atom stereocenters. The molecule has 172 valence electrons. The van der Waals surface area contributed by atoms with Crippen LogP contribution in [0.25, 0.3) is 0 Å². The molecule has 0 bridgehead atoms. The lowest BCUT2D eigenvalue weighted by atomic mass is 9.91. The Morgan fingerprint density at radius 1 is 1.12 bits per heavy atom. The zero-order valence-corrected chi connectivity index (χ0v) is 16.8. The summed E-state index contributed by atoms with van der Waals surface area (Å²) in [5, 5.41) is 6.60. The highest BCUT2D eigenvalue weighted by atomic mass is 19.4. The average Bonchev–Trinajstić information content (AvgIpc) is 3.40. The van der Waals surface area contributed by atoms with Crippen LogP contribution >= 0.6 is 0 Å². The van der Waals surface area contributed by atoms with Crippen LogP contribution in [0.4, 0.5) is 22.0 Å². The van der Waals surface area contributed by atoms with Crippen molar-refractivity contribution in [1.82, 2.24) is 20.1 Å². The number of aromatic nitrogens is 3. The van der Waals surface area contributed by atoms with Crippen molar-refractivity contribution in [2.24, 2.45) is 0 Å². The number of rotatable bonds is 6.